The molecule has 2 nitrogen and oxygen atoms in total. The average Bonchev–Trinajstić information content (AvgIpc) is 2.37. The Morgan fingerprint density at radius 1 is 1.20 bits per heavy atom. The molecule has 3 atom stereocenters. The van der Waals surface area contributed by atoms with Gasteiger partial charge in [-0.1, -0.05) is 13.8 Å². The van der Waals surface area contributed by atoms with Crippen LogP contribution < -0.4 is 10.1 Å². The fourth-order valence-electron chi connectivity index (χ4n) is 4.36. The van der Waals surface area contributed by atoms with Crippen LogP contribution in [0.2, 0.25) is 0 Å². The van der Waals surface area contributed by atoms with E-state index in [4.69, 9.17) is 4.74 Å². The lowest BCUT2D eigenvalue weighted by Crippen LogP contribution is -2.48. The zero-order chi connectivity index (χ0) is 14.3. The minimum absolute atomic E-state index is 0.0738. The van der Waals surface area contributed by atoms with Gasteiger partial charge in [-0.3, -0.25) is 0 Å². The van der Waals surface area contributed by atoms with E-state index in [0.717, 1.165) is 30.6 Å². The van der Waals surface area contributed by atoms with Crippen molar-refractivity contribution in [3.8, 4) is 5.75 Å². The van der Waals surface area contributed by atoms with E-state index in [-0.39, 0.29) is 17.5 Å². The highest BCUT2D eigenvalue weighted by Gasteiger charge is 2.45. The summed E-state index contributed by atoms with van der Waals surface area (Å²) in [5.41, 5.74) is 0.888. The van der Waals surface area contributed by atoms with Crippen molar-refractivity contribution in [1.29, 1.82) is 0 Å². The summed E-state index contributed by atoms with van der Waals surface area (Å²) in [7, 11) is 1.95. The molecule has 3 heteroatoms. The van der Waals surface area contributed by atoms with Crippen molar-refractivity contribution in [3.63, 3.8) is 0 Å². The molecule has 1 N–H and O–H groups in total. The van der Waals surface area contributed by atoms with Crippen molar-refractivity contribution in [2.75, 3.05) is 7.05 Å². The van der Waals surface area contributed by atoms with E-state index in [9.17, 15) is 4.39 Å². The molecule has 20 heavy (non-hydrogen) atoms. The average molecular weight is 277 g/mol. The SMILES string of the molecule is CNC1CC2(CC(C)CC(C)C2)Oc2ccc(F)cc21. The fraction of sp³-hybridized carbons (Fsp3) is 0.647. The van der Waals surface area contributed by atoms with Crippen molar-refractivity contribution in [3.05, 3.63) is 29.6 Å². The van der Waals surface area contributed by atoms with Crippen LogP contribution >= 0.6 is 0 Å². The molecule has 0 saturated heterocycles. The first-order chi connectivity index (χ1) is 9.51. The molecule has 3 rings (SSSR count). The monoisotopic (exact) mass is 277 g/mol. The van der Waals surface area contributed by atoms with E-state index in [1.807, 2.05) is 7.05 Å². The molecule has 1 aromatic carbocycles. The van der Waals surface area contributed by atoms with Gasteiger partial charge in [0.15, 0.2) is 0 Å². The van der Waals surface area contributed by atoms with Gasteiger partial charge in [-0.05, 0) is 56.3 Å². The highest BCUT2D eigenvalue weighted by atomic mass is 19.1. The summed E-state index contributed by atoms with van der Waals surface area (Å²) < 4.78 is 19.9. The number of nitrogens with one attached hydrogen (secondary N) is 1. The number of hydrogen-bond acceptors (Lipinski definition) is 2. The van der Waals surface area contributed by atoms with Gasteiger partial charge >= 0.3 is 0 Å². The maximum atomic E-state index is 13.5. The maximum absolute atomic E-state index is 13.5. The van der Waals surface area contributed by atoms with Crippen LogP contribution in [0.15, 0.2) is 18.2 Å². The van der Waals surface area contributed by atoms with Crippen LogP contribution in [0.3, 0.4) is 0 Å². The number of rotatable bonds is 1. The van der Waals surface area contributed by atoms with Crippen LogP contribution in [0.4, 0.5) is 4.39 Å². The molecule has 0 bridgehead atoms. The first kappa shape index (κ1) is 13.9. The summed E-state index contributed by atoms with van der Waals surface area (Å²) in [6.45, 7) is 4.63. The Labute approximate surface area is 120 Å². The molecular formula is C17H24FNO. The molecule has 2 aliphatic rings. The Balaban J connectivity index is 1.96. The van der Waals surface area contributed by atoms with Gasteiger partial charge in [0, 0.05) is 18.0 Å². The Hall–Kier alpha value is -1.09. The zero-order valence-corrected chi connectivity index (χ0v) is 12.6. The molecule has 110 valence electrons. The second kappa shape index (κ2) is 5.03. The number of hydrogen-bond donors (Lipinski definition) is 1. The van der Waals surface area contributed by atoms with Crippen LogP contribution in [0.5, 0.6) is 5.75 Å². The lowest BCUT2D eigenvalue weighted by Gasteiger charge is -2.48. The highest BCUT2D eigenvalue weighted by molar-refractivity contribution is 5.39. The summed E-state index contributed by atoms with van der Waals surface area (Å²) in [6.07, 6.45) is 4.43. The molecular weight excluding hydrogens is 253 g/mol. The Bertz CT molecular complexity index is 492. The summed E-state index contributed by atoms with van der Waals surface area (Å²) in [5, 5.41) is 3.34. The lowest BCUT2D eigenvalue weighted by atomic mass is 9.69. The van der Waals surface area contributed by atoms with Crippen molar-refractivity contribution >= 4 is 0 Å². The predicted octanol–water partition coefficient (Wildman–Crippen LogP) is 4.06. The van der Waals surface area contributed by atoms with E-state index in [2.05, 4.69) is 19.2 Å². The van der Waals surface area contributed by atoms with E-state index in [1.165, 1.54) is 12.5 Å². The summed E-state index contributed by atoms with van der Waals surface area (Å²) >= 11 is 0. The first-order valence-corrected chi connectivity index (χ1v) is 7.67. The molecule has 1 spiro atoms. The van der Waals surface area contributed by atoms with Gasteiger partial charge in [-0.15, -0.1) is 0 Å². The molecule has 0 radical (unpaired) electrons. The molecule has 1 aliphatic heterocycles. The zero-order valence-electron chi connectivity index (χ0n) is 12.6. The minimum Gasteiger partial charge on any atom is -0.487 e. The third kappa shape index (κ3) is 2.44. The standard InChI is InChI=1S/C17H24FNO/c1-11-6-12(2)9-17(8-11)10-15(19-3)14-7-13(18)4-5-16(14)20-17/h4-5,7,11-12,15,19H,6,8-10H2,1-3H3. The summed E-state index contributed by atoms with van der Waals surface area (Å²) in [6, 6.07) is 5.09. The molecule has 1 aromatic rings. The van der Waals surface area contributed by atoms with Crippen molar-refractivity contribution in [2.45, 2.75) is 51.2 Å². The first-order valence-electron chi connectivity index (χ1n) is 7.67. The second-order valence-corrected chi connectivity index (χ2v) is 6.87. The van der Waals surface area contributed by atoms with Gasteiger partial charge in [-0.25, -0.2) is 4.39 Å². The predicted molar refractivity (Wildman–Crippen MR) is 78.4 cm³/mol. The van der Waals surface area contributed by atoms with E-state index < -0.39 is 0 Å². The third-order valence-corrected chi connectivity index (χ3v) is 4.84. The fourth-order valence-corrected chi connectivity index (χ4v) is 4.36. The molecule has 3 unspecified atom stereocenters. The Kier molecular flexibility index (Phi) is 3.49. The van der Waals surface area contributed by atoms with Gasteiger partial charge < -0.3 is 10.1 Å². The Morgan fingerprint density at radius 2 is 1.90 bits per heavy atom. The largest absolute Gasteiger partial charge is 0.487 e. The van der Waals surface area contributed by atoms with Crippen molar-refractivity contribution < 1.29 is 9.13 Å². The normalized spacial score (nSPS) is 36.5. The van der Waals surface area contributed by atoms with Crippen LogP contribution in [-0.2, 0) is 0 Å². The van der Waals surface area contributed by atoms with Gasteiger partial charge in [0.1, 0.15) is 17.2 Å². The number of fused-ring (bicyclic) bond motifs is 1. The molecule has 0 aromatic heterocycles. The smallest absolute Gasteiger partial charge is 0.125 e. The topological polar surface area (TPSA) is 21.3 Å². The summed E-state index contributed by atoms with van der Waals surface area (Å²) in [5.74, 6) is 2.06. The van der Waals surface area contributed by atoms with Gasteiger partial charge in [0.05, 0.1) is 0 Å². The van der Waals surface area contributed by atoms with E-state index in [1.54, 1.807) is 12.1 Å². The van der Waals surface area contributed by atoms with Crippen molar-refractivity contribution in [2.24, 2.45) is 11.8 Å². The van der Waals surface area contributed by atoms with E-state index in [0.29, 0.717) is 11.8 Å². The summed E-state index contributed by atoms with van der Waals surface area (Å²) in [4.78, 5) is 0. The third-order valence-electron chi connectivity index (χ3n) is 4.84. The molecule has 1 saturated carbocycles. The minimum atomic E-state index is -0.186. The Morgan fingerprint density at radius 3 is 2.55 bits per heavy atom. The number of ether oxygens (including phenoxy) is 1. The van der Waals surface area contributed by atoms with Crippen LogP contribution in [0, 0.1) is 17.7 Å². The van der Waals surface area contributed by atoms with Crippen LogP contribution in [0.25, 0.3) is 0 Å². The van der Waals surface area contributed by atoms with Gasteiger partial charge in [0.25, 0.3) is 0 Å². The molecule has 0 amide bonds. The second-order valence-electron chi connectivity index (χ2n) is 6.87. The van der Waals surface area contributed by atoms with Crippen LogP contribution in [-0.4, -0.2) is 12.6 Å². The van der Waals surface area contributed by atoms with Crippen LogP contribution in [0.1, 0.15) is 51.1 Å². The number of halogens is 1. The number of benzene rings is 1. The molecule has 1 fully saturated rings. The van der Waals surface area contributed by atoms with Gasteiger partial charge in [-0.2, -0.15) is 0 Å². The maximum Gasteiger partial charge on any atom is 0.125 e. The van der Waals surface area contributed by atoms with Gasteiger partial charge in [0.2, 0.25) is 0 Å². The quantitative estimate of drug-likeness (QED) is 0.835. The lowest BCUT2D eigenvalue weighted by molar-refractivity contribution is -0.0342. The van der Waals surface area contributed by atoms with Crippen molar-refractivity contribution in [1.82, 2.24) is 5.32 Å². The highest BCUT2D eigenvalue weighted by Crippen LogP contribution is 2.48. The molecule has 1 heterocycles. The van der Waals surface area contributed by atoms with E-state index >= 15 is 0 Å². The molecule has 1 aliphatic carbocycles.